The van der Waals surface area contributed by atoms with Crippen LogP contribution in [0.25, 0.3) is 0 Å². The van der Waals surface area contributed by atoms with Crippen LogP contribution in [-0.2, 0) is 0 Å². The molecule has 0 atom stereocenters. The van der Waals surface area contributed by atoms with Crippen LogP contribution in [0.1, 0.15) is 0 Å². The molecule has 1 radical (unpaired) electrons. The van der Waals surface area contributed by atoms with Gasteiger partial charge in [0.1, 0.15) is 0 Å². The molecule has 0 saturated heterocycles. The average Bonchev–Trinajstić information content (AvgIpc) is 2.16. The van der Waals surface area contributed by atoms with Crippen LogP contribution in [0.2, 0.25) is 0 Å². The minimum atomic E-state index is -7.14. The van der Waals surface area contributed by atoms with Gasteiger partial charge in [-0.05, 0) is 0 Å². The largest absolute Gasteiger partial charge is 0.384 e. The standard InChI is InChI=1S/C6H2F11/c7-1-3(10,11)5(14,15)6(16,17)4(12,13)2(8)9/h1-2H. The maximum Gasteiger partial charge on any atom is 0.384 e. The molecule has 0 bridgehead atoms. The predicted octanol–water partition coefficient (Wildman–Crippen LogP) is 3.92. The van der Waals surface area contributed by atoms with E-state index in [4.69, 9.17) is 0 Å². The summed E-state index contributed by atoms with van der Waals surface area (Å²) in [7, 11) is 0. The van der Waals surface area contributed by atoms with Crippen LogP contribution < -0.4 is 0 Å². The highest BCUT2D eigenvalue weighted by Gasteiger charge is 2.83. The van der Waals surface area contributed by atoms with E-state index in [0.29, 0.717) is 0 Å². The Kier molecular flexibility index (Phi) is 3.97. The number of alkyl halides is 10. The van der Waals surface area contributed by atoms with E-state index in [9.17, 15) is 48.3 Å². The zero-order valence-electron chi connectivity index (χ0n) is 7.31. The molecule has 0 unspecified atom stereocenters. The first-order valence-corrected chi connectivity index (χ1v) is 3.49. The Morgan fingerprint density at radius 1 is 0.706 bits per heavy atom. The van der Waals surface area contributed by atoms with Gasteiger partial charge in [-0.25, -0.2) is 13.2 Å². The van der Waals surface area contributed by atoms with Crippen molar-refractivity contribution in [1.82, 2.24) is 0 Å². The molecule has 0 aliphatic carbocycles. The second kappa shape index (κ2) is 4.16. The maximum atomic E-state index is 12.3. The molecular weight excluding hydrogens is 281 g/mol. The van der Waals surface area contributed by atoms with Crippen molar-refractivity contribution in [2.75, 3.05) is 0 Å². The Morgan fingerprint density at radius 2 is 1.06 bits per heavy atom. The van der Waals surface area contributed by atoms with E-state index in [2.05, 4.69) is 0 Å². The third-order valence-corrected chi connectivity index (χ3v) is 1.64. The van der Waals surface area contributed by atoms with Gasteiger partial charge in [0, 0.05) is 0 Å². The highest BCUT2D eigenvalue weighted by atomic mass is 19.4. The molecule has 0 fully saturated rings. The lowest BCUT2D eigenvalue weighted by molar-refractivity contribution is -0.379. The van der Waals surface area contributed by atoms with E-state index in [1.807, 2.05) is 0 Å². The van der Waals surface area contributed by atoms with Crippen molar-refractivity contribution in [3.8, 4) is 0 Å². The van der Waals surface area contributed by atoms with Gasteiger partial charge in [-0.3, -0.25) is 0 Å². The molecule has 0 aromatic carbocycles. The van der Waals surface area contributed by atoms with Gasteiger partial charge >= 0.3 is 30.1 Å². The smallest absolute Gasteiger partial charge is 0.237 e. The molecule has 0 spiro atoms. The van der Waals surface area contributed by atoms with E-state index < -0.39 is 36.8 Å². The van der Waals surface area contributed by atoms with E-state index in [0.717, 1.165) is 0 Å². The van der Waals surface area contributed by atoms with Gasteiger partial charge in [-0.1, -0.05) is 0 Å². The van der Waals surface area contributed by atoms with E-state index in [1.165, 1.54) is 0 Å². The van der Waals surface area contributed by atoms with E-state index in [-0.39, 0.29) is 0 Å². The SMILES string of the molecule is F[CH]C(F)(F)C(F)(F)C(F)(F)C(F)(F)C(F)F. The van der Waals surface area contributed by atoms with Gasteiger partial charge in [-0.15, -0.1) is 0 Å². The lowest BCUT2D eigenvalue weighted by atomic mass is 9.99. The Balaban J connectivity index is 5.61. The fraction of sp³-hybridized carbons (Fsp3) is 0.833. The molecule has 0 heterocycles. The summed E-state index contributed by atoms with van der Waals surface area (Å²) in [6.45, 7) is -2.28. The molecule has 0 N–H and O–H groups in total. The van der Waals surface area contributed by atoms with Crippen molar-refractivity contribution in [3.63, 3.8) is 0 Å². The summed E-state index contributed by atoms with van der Waals surface area (Å²) in [5.74, 6) is -27.2. The number of halogens is 11. The number of rotatable bonds is 5. The number of hydrogen-bond donors (Lipinski definition) is 0. The normalized spacial score (nSPS) is 15.5. The first-order chi connectivity index (χ1) is 7.25. The molecule has 103 valence electrons. The lowest BCUT2D eigenvalue weighted by Crippen LogP contribution is -2.64. The summed E-state index contributed by atoms with van der Waals surface area (Å²) >= 11 is 0. The van der Waals surface area contributed by atoms with Crippen molar-refractivity contribution in [1.29, 1.82) is 0 Å². The summed E-state index contributed by atoms with van der Waals surface area (Å²) in [6.07, 6.45) is -5.33. The lowest BCUT2D eigenvalue weighted by Gasteiger charge is -2.35. The topological polar surface area (TPSA) is 0 Å². The van der Waals surface area contributed by atoms with Crippen LogP contribution in [0.3, 0.4) is 0 Å². The van der Waals surface area contributed by atoms with Crippen molar-refractivity contribution in [2.45, 2.75) is 30.1 Å². The monoisotopic (exact) mass is 283 g/mol. The van der Waals surface area contributed by atoms with Crippen LogP contribution in [0.5, 0.6) is 0 Å². The van der Waals surface area contributed by atoms with Gasteiger partial charge in [0.25, 0.3) is 0 Å². The third-order valence-electron chi connectivity index (χ3n) is 1.64. The first kappa shape index (κ1) is 16.2. The summed E-state index contributed by atoms with van der Waals surface area (Å²) in [4.78, 5) is 0. The van der Waals surface area contributed by atoms with E-state index in [1.54, 1.807) is 0 Å². The van der Waals surface area contributed by atoms with Gasteiger partial charge in [-0.2, -0.15) is 35.1 Å². The fourth-order valence-corrected chi connectivity index (χ4v) is 0.624. The molecule has 0 rings (SSSR count). The first-order valence-electron chi connectivity index (χ1n) is 3.49. The van der Waals surface area contributed by atoms with Crippen LogP contribution in [0.4, 0.5) is 48.3 Å². The Bertz CT molecular complexity index is 267. The fourth-order valence-electron chi connectivity index (χ4n) is 0.624. The molecule has 17 heavy (non-hydrogen) atoms. The molecule has 11 heteroatoms. The van der Waals surface area contributed by atoms with Gasteiger partial charge < -0.3 is 0 Å². The zero-order chi connectivity index (χ0) is 14.3. The minimum absolute atomic E-state index is 2.28. The molecule has 0 aliphatic heterocycles. The molecule has 0 aliphatic rings. The summed E-state index contributed by atoms with van der Waals surface area (Å²) in [6, 6.07) is 0. The second-order valence-corrected chi connectivity index (χ2v) is 2.80. The van der Waals surface area contributed by atoms with Crippen molar-refractivity contribution in [3.05, 3.63) is 6.67 Å². The van der Waals surface area contributed by atoms with Crippen molar-refractivity contribution >= 4 is 0 Å². The van der Waals surface area contributed by atoms with Gasteiger partial charge in [0.15, 0.2) is 0 Å². The zero-order valence-corrected chi connectivity index (χ0v) is 7.31. The van der Waals surface area contributed by atoms with E-state index >= 15 is 0 Å². The predicted molar refractivity (Wildman–Crippen MR) is 31.2 cm³/mol. The highest BCUT2D eigenvalue weighted by molar-refractivity contribution is 5.06. The summed E-state index contributed by atoms with van der Waals surface area (Å²) < 4.78 is 131. The van der Waals surface area contributed by atoms with Crippen molar-refractivity contribution < 1.29 is 48.3 Å². The van der Waals surface area contributed by atoms with Gasteiger partial charge in [0.05, 0.1) is 0 Å². The van der Waals surface area contributed by atoms with Crippen LogP contribution >= 0.6 is 0 Å². The average molecular weight is 283 g/mol. The quantitative estimate of drug-likeness (QED) is 0.671. The van der Waals surface area contributed by atoms with Crippen molar-refractivity contribution in [2.24, 2.45) is 0 Å². The minimum Gasteiger partial charge on any atom is -0.237 e. The summed E-state index contributed by atoms with van der Waals surface area (Å²) in [5.41, 5.74) is 0. The Morgan fingerprint density at radius 3 is 1.29 bits per heavy atom. The molecule has 0 aromatic heterocycles. The second-order valence-electron chi connectivity index (χ2n) is 2.80. The van der Waals surface area contributed by atoms with Crippen LogP contribution in [0, 0.1) is 6.67 Å². The third kappa shape index (κ3) is 2.15. The van der Waals surface area contributed by atoms with Gasteiger partial charge in [0.2, 0.25) is 6.67 Å². The van der Waals surface area contributed by atoms with Crippen LogP contribution in [-0.4, -0.2) is 30.1 Å². The molecule has 0 saturated carbocycles. The maximum absolute atomic E-state index is 12.3. The molecule has 0 nitrogen and oxygen atoms in total. The Hall–Kier alpha value is -0.770. The molecular formula is C6H2F11. The van der Waals surface area contributed by atoms with Crippen LogP contribution in [0.15, 0.2) is 0 Å². The molecule has 0 aromatic rings. The highest BCUT2D eigenvalue weighted by Crippen LogP contribution is 2.54. The Labute approximate surface area is 86.4 Å². The number of hydrogen-bond acceptors (Lipinski definition) is 0. The summed E-state index contributed by atoms with van der Waals surface area (Å²) in [5, 5.41) is 0. The molecule has 0 amide bonds.